The summed E-state index contributed by atoms with van der Waals surface area (Å²) in [7, 11) is -3.34. The lowest BCUT2D eigenvalue weighted by molar-refractivity contribution is 0.440. The van der Waals surface area contributed by atoms with Gasteiger partial charge in [0.25, 0.3) is 0 Å². The highest BCUT2D eigenvalue weighted by atomic mass is 32.2. The highest BCUT2D eigenvalue weighted by molar-refractivity contribution is 7.89. The Balaban J connectivity index is 1.65. The minimum atomic E-state index is -3.34. The molecule has 0 saturated heterocycles. The molecule has 3 unspecified atom stereocenters. The van der Waals surface area contributed by atoms with E-state index in [1.54, 1.807) is 24.3 Å². The summed E-state index contributed by atoms with van der Waals surface area (Å²) in [5.41, 5.74) is 0. The van der Waals surface area contributed by atoms with Crippen molar-refractivity contribution in [3.05, 3.63) is 42.5 Å². The van der Waals surface area contributed by atoms with E-state index in [-0.39, 0.29) is 0 Å². The van der Waals surface area contributed by atoms with Crippen LogP contribution in [0.5, 0.6) is 0 Å². The predicted molar refractivity (Wildman–Crippen MR) is 70.5 cm³/mol. The zero-order chi connectivity index (χ0) is 12.6. The van der Waals surface area contributed by atoms with Crippen molar-refractivity contribution in [2.75, 3.05) is 6.54 Å². The standard InChI is InChI=1S/C14H17NO2S/c16-18(17,14-4-2-1-3-5-14)15-10-13-9-11-6-7-12(13)8-11/h1-7,11-13,15H,8-10H2. The van der Waals surface area contributed by atoms with Gasteiger partial charge >= 0.3 is 0 Å². The zero-order valence-corrected chi connectivity index (χ0v) is 10.9. The van der Waals surface area contributed by atoms with Crippen LogP contribution in [0.3, 0.4) is 0 Å². The summed E-state index contributed by atoms with van der Waals surface area (Å²) in [6.07, 6.45) is 6.85. The van der Waals surface area contributed by atoms with Crippen molar-refractivity contribution >= 4 is 10.0 Å². The Bertz CT molecular complexity index is 550. The molecule has 96 valence electrons. The first-order chi connectivity index (χ1) is 8.65. The highest BCUT2D eigenvalue weighted by Crippen LogP contribution is 2.43. The lowest BCUT2D eigenvalue weighted by Gasteiger charge is -2.18. The Morgan fingerprint density at radius 1 is 1.11 bits per heavy atom. The smallest absolute Gasteiger partial charge is 0.211 e. The summed E-state index contributed by atoms with van der Waals surface area (Å²) >= 11 is 0. The van der Waals surface area contributed by atoms with E-state index in [2.05, 4.69) is 16.9 Å². The molecule has 0 amide bonds. The average Bonchev–Trinajstić information content (AvgIpc) is 3.00. The van der Waals surface area contributed by atoms with Gasteiger partial charge < -0.3 is 0 Å². The largest absolute Gasteiger partial charge is 0.240 e. The fraction of sp³-hybridized carbons (Fsp3) is 0.429. The van der Waals surface area contributed by atoms with Crippen molar-refractivity contribution in [2.24, 2.45) is 17.8 Å². The second-order valence-corrected chi connectivity index (χ2v) is 6.97. The van der Waals surface area contributed by atoms with Crippen LogP contribution in [-0.4, -0.2) is 15.0 Å². The molecule has 0 heterocycles. The summed E-state index contributed by atoms with van der Waals surface area (Å²) in [5.74, 6) is 1.73. The van der Waals surface area contributed by atoms with Gasteiger partial charge in [-0.05, 0) is 42.7 Å². The van der Waals surface area contributed by atoms with Gasteiger partial charge in [0.05, 0.1) is 4.90 Å². The van der Waals surface area contributed by atoms with Crippen molar-refractivity contribution in [1.29, 1.82) is 0 Å². The first-order valence-corrected chi connectivity index (χ1v) is 7.86. The summed E-state index contributed by atoms with van der Waals surface area (Å²) in [6, 6.07) is 8.56. The maximum absolute atomic E-state index is 12.1. The quantitative estimate of drug-likeness (QED) is 0.846. The Labute approximate surface area is 108 Å². The van der Waals surface area contributed by atoms with Gasteiger partial charge in [0, 0.05) is 6.54 Å². The molecule has 1 aromatic carbocycles. The van der Waals surface area contributed by atoms with Crippen LogP contribution in [0.2, 0.25) is 0 Å². The molecule has 4 heteroatoms. The fourth-order valence-corrected chi connectivity index (χ4v) is 4.14. The van der Waals surface area contributed by atoms with E-state index in [0.717, 1.165) is 6.42 Å². The molecule has 0 radical (unpaired) electrons. The molecule has 18 heavy (non-hydrogen) atoms. The second-order valence-electron chi connectivity index (χ2n) is 5.21. The summed E-state index contributed by atoms with van der Waals surface area (Å²) in [4.78, 5) is 0.351. The topological polar surface area (TPSA) is 46.2 Å². The van der Waals surface area contributed by atoms with Crippen LogP contribution in [0.1, 0.15) is 12.8 Å². The molecule has 0 spiro atoms. The third-order valence-corrected chi connectivity index (χ3v) is 5.44. The molecular weight excluding hydrogens is 246 g/mol. The Morgan fingerprint density at radius 3 is 2.50 bits per heavy atom. The molecule has 2 aliphatic rings. The molecule has 2 aliphatic carbocycles. The minimum absolute atomic E-state index is 0.351. The number of hydrogen-bond donors (Lipinski definition) is 1. The third-order valence-electron chi connectivity index (χ3n) is 4.01. The maximum Gasteiger partial charge on any atom is 0.240 e. The van der Waals surface area contributed by atoms with Gasteiger partial charge in [0.2, 0.25) is 10.0 Å². The molecule has 3 nitrogen and oxygen atoms in total. The van der Waals surface area contributed by atoms with Crippen LogP contribution in [0.4, 0.5) is 0 Å². The minimum Gasteiger partial charge on any atom is -0.211 e. The predicted octanol–water partition coefficient (Wildman–Crippen LogP) is 2.18. The normalized spacial score (nSPS) is 29.9. The first kappa shape index (κ1) is 11.9. The van der Waals surface area contributed by atoms with E-state index >= 15 is 0 Å². The van der Waals surface area contributed by atoms with Crippen molar-refractivity contribution in [2.45, 2.75) is 17.7 Å². The van der Waals surface area contributed by atoms with E-state index in [4.69, 9.17) is 0 Å². The van der Waals surface area contributed by atoms with Gasteiger partial charge in [-0.3, -0.25) is 0 Å². The molecule has 0 aromatic heterocycles. The number of nitrogens with one attached hydrogen (secondary N) is 1. The van der Waals surface area contributed by atoms with Gasteiger partial charge in [0.1, 0.15) is 0 Å². The molecular formula is C14H17NO2S. The van der Waals surface area contributed by atoms with Gasteiger partial charge in [-0.25, -0.2) is 13.1 Å². The number of sulfonamides is 1. The highest BCUT2D eigenvalue weighted by Gasteiger charge is 2.35. The molecule has 3 atom stereocenters. The van der Waals surface area contributed by atoms with Gasteiger partial charge in [-0.2, -0.15) is 0 Å². The van der Waals surface area contributed by atoms with Crippen molar-refractivity contribution in [3.8, 4) is 0 Å². The molecule has 1 aromatic rings. The van der Waals surface area contributed by atoms with E-state index < -0.39 is 10.0 Å². The van der Waals surface area contributed by atoms with E-state index in [1.807, 2.05) is 6.07 Å². The number of fused-ring (bicyclic) bond motifs is 2. The van der Waals surface area contributed by atoms with E-state index in [9.17, 15) is 8.42 Å². The number of benzene rings is 1. The zero-order valence-electron chi connectivity index (χ0n) is 10.1. The SMILES string of the molecule is O=S(=O)(NCC1CC2C=CC1C2)c1ccccc1. The third kappa shape index (κ3) is 2.22. The Hall–Kier alpha value is -1.13. The van der Waals surface area contributed by atoms with Crippen molar-refractivity contribution < 1.29 is 8.42 Å². The van der Waals surface area contributed by atoms with E-state index in [1.165, 1.54) is 6.42 Å². The number of hydrogen-bond acceptors (Lipinski definition) is 2. The summed E-state index contributed by atoms with van der Waals surface area (Å²) in [6.45, 7) is 0.558. The monoisotopic (exact) mass is 263 g/mol. The second kappa shape index (κ2) is 4.52. The van der Waals surface area contributed by atoms with E-state index in [0.29, 0.717) is 29.2 Å². The van der Waals surface area contributed by atoms with Gasteiger partial charge in [-0.1, -0.05) is 30.4 Å². The van der Waals surface area contributed by atoms with Gasteiger partial charge in [-0.15, -0.1) is 0 Å². The Morgan fingerprint density at radius 2 is 1.89 bits per heavy atom. The molecule has 1 saturated carbocycles. The number of rotatable bonds is 4. The van der Waals surface area contributed by atoms with Crippen LogP contribution in [0.15, 0.2) is 47.4 Å². The van der Waals surface area contributed by atoms with Crippen LogP contribution >= 0.6 is 0 Å². The van der Waals surface area contributed by atoms with Crippen molar-refractivity contribution in [1.82, 2.24) is 4.72 Å². The van der Waals surface area contributed by atoms with Gasteiger partial charge in [0.15, 0.2) is 0 Å². The van der Waals surface area contributed by atoms with Crippen LogP contribution < -0.4 is 4.72 Å². The van der Waals surface area contributed by atoms with Crippen molar-refractivity contribution in [3.63, 3.8) is 0 Å². The lowest BCUT2D eigenvalue weighted by atomic mass is 9.94. The number of allylic oxidation sites excluding steroid dienone is 2. The van der Waals surface area contributed by atoms with Crippen LogP contribution in [0.25, 0.3) is 0 Å². The van der Waals surface area contributed by atoms with Crippen LogP contribution in [0, 0.1) is 17.8 Å². The molecule has 1 fully saturated rings. The summed E-state index contributed by atoms with van der Waals surface area (Å²) < 4.78 is 26.9. The molecule has 3 rings (SSSR count). The summed E-state index contributed by atoms with van der Waals surface area (Å²) in [5, 5.41) is 0. The molecule has 1 N–H and O–H groups in total. The average molecular weight is 263 g/mol. The Kier molecular flexibility index (Phi) is 2.99. The molecule has 0 aliphatic heterocycles. The first-order valence-electron chi connectivity index (χ1n) is 6.38. The molecule has 2 bridgehead atoms. The fourth-order valence-electron chi connectivity index (χ4n) is 3.03. The van der Waals surface area contributed by atoms with Crippen LogP contribution in [-0.2, 0) is 10.0 Å². The maximum atomic E-state index is 12.1. The lowest BCUT2D eigenvalue weighted by Crippen LogP contribution is -2.31.